The molecule has 0 atom stereocenters. The molecule has 1 nitrogen and oxygen atoms in total. The number of hydrogen-bond donors (Lipinski definition) is 0. The van der Waals surface area contributed by atoms with Crippen molar-refractivity contribution >= 4 is 11.6 Å². The monoisotopic (exact) mass is 89.0 g/mol. The first-order valence-corrected chi connectivity index (χ1v) is 1.29. The van der Waals surface area contributed by atoms with Crippen molar-refractivity contribution in [2.75, 3.05) is 0 Å². The zero-order chi connectivity index (χ0) is 5.86. The molecule has 0 rings (SSSR count). The molecule has 0 amide bonds. The van der Waals surface area contributed by atoms with Gasteiger partial charge in [0.2, 0.25) is 0 Å². The molecule has 0 saturated carbocycles. The summed E-state index contributed by atoms with van der Waals surface area (Å²) in [5, 5.41) is 7.81. The number of nitriles is 1. The third-order valence-corrected chi connectivity index (χ3v) is 0.198. The predicted octanol–water partition coefficient (Wildman–Crippen LogP) is 1.26. The normalized spacial score (nSPS) is 17.6. The summed E-state index contributed by atoms with van der Waals surface area (Å²) in [7, 11) is 0. The predicted molar refractivity (Wildman–Crippen MR) is 20.6 cm³/mol. The van der Waals surface area contributed by atoms with Gasteiger partial charge < -0.3 is 0 Å². The summed E-state index contributed by atoms with van der Waals surface area (Å²) < 4.78 is 12.9. The van der Waals surface area contributed by atoms with Crippen LogP contribution in [0.2, 0.25) is 0 Å². The van der Waals surface area contributed by atoms with Crippen LogP contribution in [0.1, 0.15) is 2.74 Å². The van der Waals surface area contributed by atoms with Gasteiger partial charge in [0.1, 0.15) is 0 Å². The van der Waals surface area contributed by atoms with Crippen molar-refractivity contribution in [2.24, 2.45) is 0 Å². The van der Waals surface area contributed by atoms with E-state index in [-0.39, 0.29) is 0 Å². The van der Waals surface area contributed by atoms with Crippen LogP contribution in [0.15, 0.2) is 11.6 Å². The molecule has 0 saturated heterocycles. The van der Waals surface area contributed by atoms with Gasteiger partial charge in [0.25, 0.3) is 0 Å². The molecule has 0 aromatic carbocycles. The molecule has 5 heavy (non-hydrogen) atoms. The highest BCUT2D eigenvalue weighted by molar-refractivity contribution is 6.25. The fraction of sp³-hybridized carbons (Fsp3) is 0. The Balaban J connectivity index is 4.07. The van der Waals surface area contributed by atoms with E-state index in [1.807, 2.05) is 0 Å². The van der Waals surface area contributed by atoms with Crippen molar-refractivity contribution in [3.05, 3.63) is 11.6 Å². The van der Waals surface area contributed by atoms with Crippen LogP contribution in [0.5, 0.6) is 0 Å². The van der Waals surface area contributed by atoms with Crippen LogP contribution in [0.3, 0.4) is 0 Å². The van der Waals surface area contributed by atoms with E-state index in [9.17, 15) is 0 Å². The second kappa shape index (κ2) is 3.52. The van der Waals surface area contributed by atoms with Gasteiger partial charge in [-0.25, -0.2) is 0 Å². The van der Waals surface area contributed by atoms with E-state index in [1.165, 1.54) is 6.07 Å². The summed E-state index contributed by atoms with van der Waals surface area (Å²) in [6.07, 6.45) is 0. The van der Waals surface area contributed by atoms with Crippen LogP contribution >= 0.6 is 11.6 Å². The van der Waals surface area contributed by atoms with Crippen molar-refractivity contribution in [1.29, 1.82) is 5.26 Å². The zero-order valence-corrected chi connectivity index (χ0v) is 3.08. The first-order chi connectivity index (χ1) is 3.18. The second-order valence-electron chi connectivity index (χ2n) is 0.331. The molecule has 0 N–H and O–H groups in total. The van der Waals surface area contributed by atoms with Crippen LogP contribution in [0.4, 0.5) is 0 Å². The molecule has 0 aliphatic carbocycles. The third kappa shape index (κ3) is 3.52. The summed E-state index contributed by atoms with van der Waals surface area (Å²) >= 11 is 4.86. The van der Waals surface area contributed by atoms with Gasteiger partial charge >= 0.3 is 0 Å². The number of hydrogen-bond acceptors (Lipinski definition) is 1. The Morgan fingerprint density at radius 3 is 2.80 bits per heavy atom. The average molecular weight is 89.5 g/mol. The maximum Gasteiger partial charge on any atom is 0.0921 e. The Kier molecular flexibility index (Phi) is 1.29. The lowest BCUT2D eigenvalue weighted by molar-refractivity contribution is 1.54. The van der Waals surface area contributed by atoms with E-state index >= 15 is 0 Å². The minimum atomic E-state index is -0.512. The van der Waals surface area contributed by atoms with Crippen LogP contribution in [0.25, 0.3) is 0 Å². The number of rotatable bonds is 0. The van der Waals surface area contributed by atoms with Gasteiger partial charge in [0, 0.05) is 11.6 Å². The van der Waals surface area contributed by atoms with Crippen molar-refractivity contribution < 1.29 is 2.74 Å². The molecule has 0 aliphatic rings. The Labute approximate surface area is 38.3 Å². The molecular weight excluding hydrogens is 85.5 g/mol. The van der Waals surface area contributed by atoms with E-state index in [0.29, 0.717) is 0 Å². The second-order valence-corrected chi connectivity index (χ2v) is 0.520. The quantitative estimate of drug-likeness (QED) is 0.410. The number of nitrogens with zero attached hydrogens (tertiary/aromatic N) is 1. The Morgan fingerprint density at radius 2 is 2.80 bits per heavy atom. The largest absolute Gasteiger partial charge is 0.193 e. The van der Waals surface area contributed by atoms with Gasteiger partial charge in [0.05, 0.1) is 8.81 Å². The summed E-state index contributed by atoms with van der Waals surface area (Å²) in [6, 6.07) is 0.893. The van der Waals surface area contributed by atoms with Crippen LogP contribution in [-0.2, 0) is 0 Å². The molecule has 0 aliphatic heterocycles. The van der Waals surface area contributed by atoms with Crippen LogP contribution < -0.4 is 0 Å². The summed E-state index contributed by atoms with van der Waals surface area (Å²) in [5.41, 5.74) is -0.512. The highest BCUT2D eigenvalue weighted by Gasteiger charge is 1.48. The zero-order valence-electron chi connectivity index (χ0n) is 4.33. The molecule has 0 heterocycles. The molecule has 0 unspecified atom stereocenters. The fourth-order valence-electron chi connectivity index (χ4n) is 0.0211. The van der Waals surface area contributed by atoms with Gasteiger partial charge in [-0.1, -0.05) is 11.6 Å². The van der Waals surface area contributed by atoms with Gasteiger partial charge in [-0.2, -0.15) is 5.26 Å². The molecule has 0 spiro atoms. The standard InChI is InChI=1S/C3H2ClN/c4-2-1-3-5/h1-2H/b2-1+/i1D,2D. The fourth-order valence-corrected chi connectivity index (χ4v) is 0.0634. The summed E-state index contributed by atoms with van der Waals surface area (Å²) in [6.45, 7) is 0. The molecule has 0 radical (unpaired) electrons. The lowest BCUT2D eigenvalue weighted by atomic mass is 10.7. The topological polar surface area (TPSA) is 23.8 Å². The summed E-state index contributed by atoms with van der Waals surface area (Å²) in [5.74, 6) is 0. The molecular formula is C3H2ClN. The highest BCUT2D eigenvalue weighted by Crippen LogP contribution is 1.71. The van der Waals surface area contributed by atoms with E-state index < -0.39 is 11.6 Å². The van der Waals surface area contributed by atoms with E-state index in [1.54, 1.807) is 0 Å². The minimum Gasteiger partial charge on any atom is -0.193 e. The van der Waals surface area contributed by atoms with E-state index in [0.717, 1.165) is 0 Å². The van der Waals surface area contributed by atoms with Crippen LogP contribution in [0, 0.1) is 11.3 Å². The molecule has 0 bridgehead atoms. The number of allylic oxidation sites excluding steroid dienone is 1. The Hall–Kier alpha value is -0.480. The van der Waals surface area contributed by atoms with E-state index in [4.69, 9.17) is 19.6 Å². The molecule has 0 aromatic rings. The molecule has 26 valence electrons. The molecule has 0 aromatic heterocycles. The van der Waals surface area contributed by atoms with Gasteiger partial charge in [-0.05, 0) is 0 Å². The average Bonchev–Trinajstić information content (AvgIpc) is 1.65. The van der Waals surface area contributed by atoms with Crippen molar-refractivity contribution in [1.82, 2.24) is 0 Å². The highest BCUT2D eigenvalue weighted by atomic mass is 35.5. The Morgan fingerprint density at radius 1 is 2.20 bits per heavy atom. The van der Waals surface area contributed by atoms with Crippen molar-refractivity contribution in [3.63, 3.8) is 0 Å². The molecule has 0 fully saturated rings. The maximum atomic E-state index is 7.81. The van der Waals surface area contributed by atoms with E-state index in [2.05, 4.69) is 0 Å². The van der Waals surface area contributed by atoms with Crippen LogP contribution in [-0.4, -0.2) is 0 Å². The Bertz CT molecular complexity index is 130. The lowest BCUT2D eigenvalue weighted by Gasteiger charge is -1.45. The smallest absolute Gasteiger partial charge is 0.0921 e. The first-order valence-electron chi connectivity index (χ1n) is 1.91. The molecule has 2 heteroatoms. The summed E-state index contributed by atoms with van der Waals surface area (Å²) in [4.78, 5) is 0. The van der Waals surface area contributed by atoms with Crippen molar-refractivity contribution in [3.8, 4) is 6.07 Å². The maximum absolute atomic E-state index is 7.81. The lowest BCUT2D eigenvalue weighted by Crippen LogP contribution is -1.31. The SMILES string of the molecule is [2H]/C(Cl)=C(/[2H])C#N. The third-order valence-electron chi connectivity index (χ3n) is 0.103. The van der Waals surface area contributed by atoms with Gasteiger partial charge in [0.15, 0.2) is 0 Å². The van der Waals surface area contributed by atoms with Gasteiger partial charge in [-0.3, -0.25) is 0 Å². The number of halogens is 1. The first kappa shape index (κ1) is 1.84. The minimum absolute atomic E-state index is 0.498. The van der Waals surface area contributed by atoms with Crippen molar-refractivity contribution in [2.45, 2.75) is 0 Å². The van der Waals surface area contributed by atoms with Gasteiger partial charge in [-0.15, -0.1) is 0 Å².